The smallest absolute Gasteiger partial charge is 0.120 e. The molecule has 164 valence electrons. The average molecular weight is 498 g/mol. The SMILES string of the molecule is Cc1c(-c2ccc(Br)cc2)n(Cc2ccc(O)cc2)c2ccc(OCc3ccccc3)cc12. The van der Waals surface area contributed by atoms with Gasteiger partial charge in [-0.05, 0) is 71.6 Å². The Morgan fingerprint density at radius 2 is 1.55 bits per heavy atom. The lowest BCUT2D eigenvalue weighted by Crippen LogP contribution is -2.02. The molecule has 0 unspecified atom stereocenters. The summed E-state index contributed by atoms with van der Waals surface area (Å²) in [5.74, 6) is 1.14. The number of aromatic hydroxyl groups is 1. The van der Waals surface area contributed by atoms with Gasteiger partial charge in [-0.1, -0.05) is 70.5 Å². The molecule has 0 fully saturated rings. The van der Waals surface area contributed by atoms with Crippen molar-refractivity contribution in [2.45, 2.75) is 20.1 Å². The van der Waals surface area contributed by atoms with Crippen LogP contribution in [0.1, 0.15) is 16.7 Å². The number of aryl methyl sites for hydroxylation is 1. The molecule has 0 spiro atoms. The van der Waals surface area contributed by atoms with E-state index in [1.54, 1.807) is 12.1 Å². The fourth-order valence-corrected chi connectivity index (χ4v) is 4.52. The van der Waals surface area contributed by atoms with Gasteiger partial charge in [-0.3, -0.25) is 0 Å². The van der Waals surface area contributed by atoms with Crippen LogP contribution in [0.4, 0.5) is 0 Å². The minimum Gasteiger partial charge on any atom is -0.508 e. The lowest BCUT2D eigenvalue weighted by molar-refractivity contribution is 0.306. The van der Waals surface area contributed by atoms with Crippen molar-refractivity contribution in [1.29, 1.82) is 0 Å². The van der Waals surface area contributed by atoms with Crippen molar-refractivity contribution in [3.63, 3.8) is 0 Å². The zero-order valence-electron chi connectivity index (χ0n) is 18.3. The molecule has 0 radical (unpaired) electrons. The van der Waals surface area contributed by atoms with Gasteiger partial charge in [-0.15, -0.1) is 0 Å². The Bertz CT molecular complexity index is 1390. The standard InChI is InChI=1S/C29H24BrNO2/c1-20-27-17-26(33-19-22-5-3-2-4-6-22)15-16-28(27)31(18-21-7-13-25(32)14-8-21)29(20)23-9-11-24(30)12-10-23/h2-17,32H,18-19H2,1H3. The molecule has 0 atom stereocenters. The summed E-state index contributed by atoms with van der Waals surface area (Å²) in [6, 6.07) is 32.4. The molecule has 33 heavy (non-hydrogen) atoms. The van der Waals surface area contributed by atoms with E-state index >= 15 is 0 Å². The third kappa shape index (κ3) is 4.53. The predicted molar refractivity (Wildman–Crippen MR) is 138 cm³/mol. The number of phenolic OH excluding ortho intramolecular Hbond substituents is 1. The first-order valence-corrected chi connectivity index (χ1v) is 11.7. The van der Waals surface area contributed by atoms with E-state index in [0.717, 1.165) is 32.4 Å². The molecular weight excluding hydrogens is 474 g/mol. The minimum atomic E-state index is 0.278. The van der Waals surface area contributed by atoms with E-state index in [9.17, 15) is 5.11 Å². The number of benzene rings is 4. The van der Waals surface area contributed by atoms with E-state index in [4.69, 9.17) is 4.74 Å². The van der Waals surface area contributed by atoms with Crippen LogP contribution in [-0.4, -0.2) is 9.67 Å². The normalized spacial score (nSPS) is 11.1. The molecule has 4 aromatic carbocycles. The monoisotopic (exact) mass is 497 g/mol. The molecule has 5 rings (SSSR count). The van der Waals surface area contributed by atoms with Crippen molar-refractivity contribution in [2.24, 2.45) is 0 Å². The average Bonchev–Trinajstić information content (AvgIpc) is 3.11. The van der Waals surface area contributed by atoms with Crippen LogP contribution in [0.15, 0.2) is 102 Å². The summed E-state index contributed by atoms with van der Waals surface area (Å²) in [4.78, 5) is 0. The maximum atomic E-state index is 9.70. The van der Waals surface area contributed by atoms with E-state index in [2.05, 4.69) is 76.0 Å². The van der Waals surface area contributed by atoms with Crippen molar-refractivity contribution in [3.05, 3.63) is 118 Å². The van der Waals surface area contributed by atoms with Crippen LogP contribution < -0.4 is 4.74 Å². The van der Waals surface area contributed by atoms with Gasteiger partial charge in [0.05, 0.1) is 5.69 Å². The molecule has 3 nitrogen and oxygen atoms in total. The highest BCUT2D eigenvalue weighted by atomic mass is 79.9. The first kappa shape index (κ1) is 21.4. The topological polar surface area (TPSA) is 34.4 Å². The van der Waals surface area contributed by atoms with Crippen molar-refractivity contribution < 1.29 is 9.84 Å². The number of halogens is 1. The molecule has 0 amide bonds. The van der Waals surface area contributed by atoms with Gasteiger partial charge in [0, 0.05) is 21.9 Å². The van der Waals surface area contributed by atoms with Gasteiger partial charge >= 0.3 is 0 Å². The van der Waals surface area contributed by atoms with Crippen LogP contribution in [0.5, 0.6) is 11.5 Å². The molecular formula is C29H24BrNO2. The first-order chi connectivity index (χ1) is 16.1. The van der Waals surface area contributed by atoms with Crippen molar-refractivity contribution in [3.8, 4) is 22.8 Å². The Balaban J connectivity index is 1.58. The van der Waals surface area contributed by atoms with Crippen LogP contribution in [0.3, 0.4) is 0 Å². The summed E-state index contributed by atoms with van der Waals surface area (Å²) in [5.41, 5.74) is 7.01. The summed E-state index contributed by atoms with van der Waals surface area (Å²) in [6.45, 7) is 3.42. The fraction of sp³-hybridized carbons (Fsp3) is 0.103. The van der Waals surface area contributed by atoms with E-state index in [-0.39, 0.29) is 5.75 Å². The van der Waals surface area contributed by atoms with E-state index in [0.29, 0.717) is 13.2 Å². The van der Waals surface area contributed by atoms with Crippen LogP contribution in [0.25, 0.3) is 22.2 Å². The zero-order valence-corrected chi connectivity index (χ0v) is 19.9. The lowest BCUT2D eigenvalue weighted by Gasteiger charge is -2.13. The highest BCUT2D eigenvalue weighted by molar-refractivity contribution is 9.10. The Morgan fingerprint density at radius 3 is 2.27 bits per heavy atom. The second kappa shape index (κ2) is 9.16. The largest absolute Gasteiger partial charge is 0.508 e. The molecule has 1 heterocycles. The molecule has 0 aliphatic rings. The molecule has 0 saturated carbocycles. The molecule has 1 N–H and O–H groups in total. The number of aromatic nitrogens is 1. The molecule has 1 aromatic heterocycles. The number of phenols is 1. The quantitative estimate of drug-likeness (QED) is 0.260. The van der Waals surface area contributed by atoms with Gasteiger partial charge in [0.1, 0.15) is 18.1 Å². The van der Waals surface area contributed by atoms with Gasteiger partial charge in [-0.2, -0.15) is 0 Å². The van der Waals surface area contributed by atoms with Crippen LogP contribution >= 0.6 is 15.9 Å². The molecule has 0 aliphatic carbocycles. The molecule has 0 bridgehead atoms. The van der Waals surface area contributed by atoms with Crippen molar-refractivity contribution in [1.82, 2.24) is 4.57 Å². The number of nitrogens with zero attached hydrogens (tertiary/aromatic N) is 1. The number of hydrogen-bond acceptors (Lipinski definition) is 2. The second-order valence-electron chi connectivity index (χ2n) is 8.19. The van der Waals surface area contributed by atoms with Crippen LogP contribution in [0, 0.1) is 6.92 Å². The lowest BCUT2D eigenvalue weighted by atomic mass is 10.1. The zero-order chi connectivity index (χ0) is 22.8. The van der Waals surface area contributed by atoms with Crippen molar-refractivity contribution >= 4 is 26.8 Å². The number of hydrogen-bond donors (Lipinski definition) is 1. The van der Waals surface area contributed by atoms with Gasteiger partial charge in [-0.25, -0.2) is 0 Å². The van der Waals surface area contributed by atoms with Crippen LogP contribution in [-0.2, 0) is 13.2 Å². The van der Waals surface area contributed by atoms with Gasteiger partial charge in [0.25, 0.3) is 0 Å². The molecule has 0 saturated heterocycles. The Morgan fingerprint density at radius 1 is 0.818 bits per heavy atom. The van der Waals surface area contributed by atoms with Crippen LogP contribution in [0.2, 0.25) is 0 Å². The third-order valence-electron chi connectivity index (χ3n) is 5.93. The Hall–Kier alpha value is -3.50. The Labute approximate surface area is 202 Å². The second-order valence-corrected chi connectivity index (χ2v) is 9.10. The maximum Gasteiger partial charge on any atom is 0.120 e. The summed E-state index contributed by atoms with van der Waals surface area (Å²) in [6.07, 6.45) is 0. The molecule has 0 aliphatic heterocycles. The van der Waals surface area contributed by atoms with Gasteiger partial charge < -0.3 is 14.4 Å². The summed E-state index contributed by atoms with van der Waals surface area (Å²) >= 11 is 3.55. The maximum absolute atomic E-state index is 9.70. The highest BCUT2D eigenvalue weighted by Crippen LogP contribution is 2.36. The first-order valence-electron chi connectivity index (χ1n) is 10.9. The Kier molecular flexibility index (Phi) is 5.93. The summed E-state index contributed by atoms with van der Waals surface area (Å²) < 4.78 is 9.52. The summed E-state index contributed by atoms with van der Waals surface area (Å²) in [5, 5.41) is 10.9. The molecule has 5 aromatic rings. The van der Waals surface area contributed by atoms with Gasteiger partial charge in [0.2, 0.25) is 0 Å². The van der Waals surface area contributed by atoms with E-state index in [1.807, 2.05) is 36.4 Å². The number of rotatable bonds is 6. The van der Waals surface area contributed by atoms with Crippen molar-refractivity contribution in [2.75, 3.05) is 0 Å². The van der Waals surface area contributed by atoms with Gasteiger partial charge in [0.15, 0.2) is 0 Å². The number of ether oxygens (including phenoxy) is 1. The highest BCUT2D eigenvalue weighted by Gasteiger charge is 2.17. The molecule has 4 heteroatoms. The summed E-state index contributed by atoms with van der Waals surface area (Å²) in [7, 11) is 0. The van der Waals surface area contributed by atoms with E-state index in [1.165, 1.54) is 16.6 Å². The fourth-order valence-electron chi connectivity index (χ4n) is 4.26. The minimum absolute atomic E-state index is 0.278. The third-order valence-corrected chi connectivity index (χ3v) is 6.46. The predicted octanol–water partition coefficient (Wildman–Crippen LogP) is 7.71. The van der Waals surface area contributed by atoms with E-state index < -0.39 is 0 Å². The number of fused-ring (bicyclic) bond motifs is 1.